The number of carboxylic acids is 1. The van der Waals surface area contributed by atoms with Gasteiger partial charge in [-0.1, -0.05) is 32.6 Å². The molecule has 0 atom stereocenters. The molecule has 0 heterocycles. The van der Waals surface area contributed by atoms with Gasteiger partial charge in [-0.2, -0.15) is 5.10 Å². The average molecular weight is 236 g/mol. The minimum absolute atomic E-state index is 0.152. The van der Waals surface area contributed by atoms with Gasteiger partial charge in [0, 0.05) is 0 Å². The van der Waals surface area contributed by atoms with E-state index in [2.05, 4.69) is 30.6 Å². The summed E-state index contributed by atoms with van der Waals surface area (Å²) in [7, 11) is 0. The van der Waals surface area contributed by atoms with Crippen molar-refractivity contribution in [2.75, 3.05) is 0 Å². The van der Waals surface area contributed by atoms with Crippen LogP contribution in [0, 0.1) is 0 Å². The number of hydrazone groups is 1. The lowest BCUT2D eigenvalue weighted by Gasteiger charge is -2.07. The molecule has 0 radical (unpaired) electrons. The molecule has 0 fully saturated rings. The summed E-state index contributed by atoms with van der Waals surface area (Å²) in [6.45, 7) is 13.0. The number of carbonyl (C=O) groups is 1. The van der Waals surface area contributed by atoms with Gasteiger partial charge >= 0.3 is 5.97 Å². The molecule has 0 rings (SSSR count). The summed E-state index contributed by atoms with van der Waals surface area (Å²) in [4.78, 5) is 10.5. The second kappa shape index (κ2) is 7.44. The first-order valence-electron chi connectivity index (χ1n) is 5.49. The molecule has 0 aliphatic rings. The van der Waals surface area contributed by atoms with Crippen molar-refractivity contribution in [2.45, 2.75) is 33.6 Å². The highest BCUT2D eigenvalue weighted by atomic mass is 16.4. The third-order valence-electron chi connectivity index (χ3n) is 2.10. The molecule has 0 aromatic heterocycles. The van der Waals surface area contributed by atoms with Crippen molar-refractivity contribution >= 4 is 11.7 Å². The number of hydrogen-bond acceptors (Lipinski definition) is 3. The Kier molecular flexibility index (Phi) is 6.63. The zero-order chi connectivity index (χ0) is 13.4. The highest BCUT2D eigenvalue weighted by Gasteiger charge is 2.05. The molecule has 0 saturated heterocycles. The molecule has 0 bridgehead atoms. The van der Waals surface area contributed by atoms with Gasteiger partial charge in [0.2, 0.25) is 0 Å². The Morgan fingerprint density at radius 2 is 2.00 bits per heavy atom. The second-order valence-electron chi connectivity index (χ2n) is 3.78. The summed E-state index contributed by atoms with van der Waals surface area (Å²) < 4.78 is 0. The SMILES string of the molecule is C=C(NN=C(C)/C(=C\CCC)C(=C)C)C(=O)O. The van der Waals surface area contributed by atoms with Gasteiger partial charge < -0.3 is 5.11 Å². The monoisotopic (exact) mass is 236 g/mol. The zero-order valence-electron chi connectivity index (χ0n) is 10.7. The van der Waals surface area contributed by atoms with Crippen LogP contribution < -0.4 is 5.43 Å². The van der Waals surface area contributed by atoms with Crippen LogP contribution in [0.5, 0.6) is 0 Å². The number of carboxylic acid groups (broad SMARTS) is 1. The van der Waals surface area contributed by atoms with Gasteiger partial charge in [-0.15, -0.1) is 0 Å². The van der Waals surface area contributed by atoms with Crippen molar-refractivity contribution in [3.63, 3.8) is 0 Å². The normalized spacial score (nSPS) is 12.2. The van der Waals surface area contributed by atoms with Crippen LogP contribution in [0.15, 0.2) is 41.2 Å². The smallest absolute Gasteiger partial charge is 0.353 e. The van der Waals surface area contributed by atoms with E-state index in [1.165, 1.54) is 0 Å². The third-order valence-corrected chi connectivity index (χ3v) is 2.10. The van der Waals surface area contributed by atoms with Gasteiger partial charge in [0.05, 0.1) is 5.71 Å². The molecule has 2 N–H and O–H groups in total. The molecule has 0 aromatic carbocycles. The van der Waals surface area contributed by atoms with Gasteiger partial charge in [-0.25, -0.2) is 4.79 Å². The maximum Gasteiger partial charge on any atom is 0.353 e. The minimum Gasteiger partial charge on any atom is -0.477 e. The number of nitrogens with zero attached hydrogens (tertiary/aromatic N) is 1. The van der Waals surface area contributed by atoms with E-state index in [1.807, 2.05) is 13.0 Å². The van der Waals surface area contributed by atoms with Crippen LogP contribution in [0.2, 0.25) is 0 Å². The number of unbranched alkanes of at least 4 members (excludes halogenated alkanes) is 1. The summed E-state index contributed by atoms with van der Waals surface area (Å²) in [6, 6.07) is 0. The van der Waals surface area contributed by atoms with E-state index in [4.69, 9.17) is 5.11 Å². The van der Waals surface area contributed by atoms with Crippen LogP contribution in [-0.4, -0.2) is 16.8 Å². The summed E-state index contributed by atoms with van der Waals surface area (Å²) in [5.74, 6) is -1.11. The lowest BCUT2D eigenvalue weighted by atomic mass is 10.0. The first-order valence-corrected chi connectivity index (χ1v) is 5.49. The van der Waals surface area contributed by atoms with Gasteiger partial charge in [0.1, 0.15) is 5.70 Å². The topological polar surface area (TPSA) is 61.7 Å². The maximum absolute atomic E-state index is 10.5. The molecule has 0 aliphatic carbocycles. The summed E-state index contributed by atoms with van der Waals surface area (Å²) in [5.41, 5.74) is 4.80. The fourth-order valence-electron chi connectivity index (χ4n) is 1.18. The first-order chi connectivity index (χ1) is 7.90. The standard InChI is InChI=1S/C13H20N2O2/c1-6-7-8-12(9(2)3)10(4)14-15-11(5)13(16)17/h8,15H,2,5-7H2,1,3-4H3,(H,16,17)/b12-8-,14-10?. The lowest BCUT2D eigenvalue weighted by molar-refractivity contribution is -0.133. The predicted octanol–water partition coefficient (Wildman–Crippen LogP) is 2.85. The van der Waals surface area contributed by atoms with Crippen molar-refractivity contribution in [2.24, 2.45) is 5.10 Å². The van der Waals surface area contributed by atoms with Gasteiger partial charge in [0.15, 0.2) is 0 Å². The van der Waals surface area contributed by atoms with E-state index in [9.17, 15) is 4.79 Å². The Labute approximate surface area is 102 Å². The largest absolute Gasteiger partial charge is 0.477 e. The van der Waals surface area contributed by atoms with Crippen molar-refractivity contribution < 1.29 is 9.90 Å². The predicted molar refractivity (Wildman–Crippen MR) is 70.8 cm³/mol. The molecule has 0 unspecified atom stereocenters. The van der Waals surface area contributed by atoms with E-state index < -0.39 is 5.97 Å². The average Bonchev–Trinajstić information content (AvgIpc) is 2.25. The summed E-state index contributed by atoms with van der Waals surface area (Å²) in [6.07, 6.45) is 4.03. The Morgan fingerprint density at radius 1 is 1.41 bits per heavy atom. The summed E-state index contributed by atoms with van der Waals surface area (Å²) >= 11 is 0. The van der Waals surface area contributed by atoms with Crippen LogP contribution in [0.25, 0.3) is 0 Å². The number of nitrogens with one attached hydrogen (secondary N) is 1. The second-order valence-corrected chi connectivity index (χ2v) is 3.78. The molecule has 17 heavy (non-hydrogen) atoms. The third kappa shape index (κ3) is 5.70. The number of aliphatic carboxylic acids is 1. The van der Waals surface area contributed by atoms with E-state index in [1.54, 1.807) is 6.92 Å². The number of allylic oxidation sites excluding steroid dienone is 3. The van der Waals surface area contributed by atoms with E-state index in [-0.39, 0.29) is 5.70 Å². The van der Waals surface area contributed by atoms with Crippen molar-refractivity contribution in [3.8, 4) is 0 Å². The summed E-state index contributed by atoms with van der Waals surface area (Å²) in [5, 5.41) is 12.6. The highest BCUT2D eigenvalue weighted by molar-refractivity contribution is 6.01. The van der Waals surface area contributed by atoms with Crippen LogP contribution in [-0.2, 0) is 4.79 Å². The Morgan fingerprint density at radius 3 is 2.41 bits per heavy atom. The van der Waals surface area contributed by atoms with E-state index >= 15 is 0 Å². The molecule has 0 amide bonds. The van der Waals surface area contributed by atoms with Crippen LogP contribution in [0.1, 0.15) is 33.6 Å². The Bertz CT molecular complexity index is 379. The maximum atomic E-state index is 10.5. The molecule has 0 aromatic rings. The molecule has 0 spiro atoms. The zero-order valence-corrected chi connectivity index (χ0v) is 10.7. The first kappa shape index (κ1) is 15.2. The van der Waals surface area contributed by atoms with Crippen molar-refractivity contribution in [1.82, 2.24) is 5.43 Å². The fraction of sp³-hybridized carbons (Fsp3) is 0.385. The van der Waals surface area contributed by atoms with Gasteiger partial charge in [-0.05, 0) is 31.4 Å². The lowest BCUT2D eigenvalue weighted by Crippen LogP contribution is -2.16. The van der Waals surface area contributed by atoms with Gasteiger partial charge in [0.25, 0.3) is 0 Å². The van der Waals surface area contributed by atoms with E-state index in [0.717, 1.165) is 24.0 Å². The van der Waals surface area contributed by atoms with E-state index in [0.29, 0.717) is 5.71 Å². The molecule has 4 nitrogen and oxygen atoms in total. The fourth-order valence-corrected chi connectivity index (χ4v) is 1.18. The number of hydrogen-bond donors (Lipinski definition) is 2. The van der Waals surface area contributed by atoms with Crippen molar-refractivity contribution in [3.05, 3.63) is 36.1 Å². The molecule has 94 valence electrons. The molecule has 0 aliphatic heterocycles. The van der Waals surface area contributed by atoms with Crippen LogP contribution in [0.4, 0.5) is 0 Å². The van der Waals surface area contributed by atoms with Crippen LogP contribution in [0.3, 0.4) is 0 Å². The molecule has 4 heteroatoms. The highest BCUT2D eigenvalue weighted by Crippen LogP contribution is 2.11. The van der Waals surface area contributed by atoms with Crippen molar-refractivity contribution in [1.29, 1.82) is 0 Å². The molecular formula is C13H20N2O2. The Hall–Kier alpha value is -1.84. The number of rotatable bonds is 7. The molecule has 0 saturated carbocycles. The van der Waals surface area contributed by atoms with Crippen LogP contribution >= 0.6 is 0 Å². The quantitative estimate of drug-likeness (QED) is 0.309. The Balaban J connectivity index is 4.79. The minimum atomic E-state index is -1.11. The van der Waals surface area contributed by atoms with Gasteiger partial charge in [-0.3, -0.25) is 5.43 Å². The molecular weight excluding hydrogens is 216 g/mol.